The molecule has 0 aliphatic rings. The third-order valence-electron chi connectivity index (χ3n) is 2.28. The lowest BCUT2D eigenvalue weighted by atomic mass is 10.1. The molecule has 0 atom stereocenters. The van der Waals surface area contributed by atoms with E-state index in [9.17, 15) is 4.79 Å². The van der Waals surface area contributed by atoms with Crippen LogP contribution < -0.4 is 0 Å². The molecule has 1 aromatic rings. The first kappa shape index (κ1) is 12.7. The number of aryl methyl sites for hydroxylation is 1. The second-order valence-electron chi connectivity index (χ2n) is 3.44. The molecule has 0 saturated carbocycles. The van der Waals surface area contributed by atoms with Crippen LogP contribution >= 0.6 is 0 Å². The van der Waals surface area contributed by atoms with Gasteiger partial charge in [0, 0.05) is 0 Å². The second-order valence-corrected chi connectivity index (χ2v) is 3.44. The van der Waals surface area contributed by atoms with Crippen molar-refractivity contribution in [2.24, 2.45) is 0 Å². The second kappa shape index (κ2) is 6.25. The van der Waals surface area contributed by atoms with Crippen LogP contribution in [0.2, 0.25) is 0 Å². The molecule has 0 bridgehead atoms. The molecule has 0 aromatic heterocycles. The molecule has 4 heteroatoms. The van der Waals surface area contributed by atoms with E-state index in [0.717, 1.165) is 12.0 Å². The minimum Gasteiger partial charge on any atom is -0.454 e. The lowest BCUT2D eigenvalue weighted by Crippen LogP contribution is -2.25. The van der Waals surface area contributed by atoms with Crippen LogP contribution in [0.1, 0.15) is 22.8 Å². The molecule has 2 N–H and O–H groups in total. The van der Waals surface area contributed by atoms with Crippen LogP contribution in [0.4, 0.5) is 0 Å². The Bertz CT molecular complexity index is 327. The van der Waals surface area contributed by atoms with Gasteiger partial charge in [-0.25, -0.2) is 4.79 Å². The highest BCUT2D eigenvalue weighted by Crippen LogP contribution is 2.07. The summed E-state index contributed by atoms with van der Waals surface area (Å²) < 4.78 is 4.87. The Morgan fingerprint density at radius 3 is 2.25 bits per heavy atom. The van der Waals surface area contributed by atoms with Crippen LogP contribution in [0.3, 0.4) is 0 Å². The minimum absolute atomic E-state index is 0.380. The van der Waals surface area contributed by atoms with Crippen molar-refractivity contribution in [2.45, 2.75) is 19.4 Å². The number of benzene rings is 1. The van der Waals surface area contributed by atoms with Gasteiger partial charge in [-0.3, -0.25) is 0 Å². The fourth-order valence-electron chi connectivity index (χ4n) is 1.23. The molecular formula is C12H16O4. The van der Waals surface area contributed by atoms with Crippen molar-refractivity contribution in [3.63, 3.8) is 0 Å². The molecule has 1 aromatic carbocycles. The molecule has 16 heavy (non-hydrogen) atoms. The molecule has 0 aliphatic heterocycles. The summed E-state index contributed by atoms with van der Waals surface area (Å²) in [7, 11) is 0. The molecule has 0 unspecified atom stereocenters. The molecule has 0 radical (unpaired) electrons. The molecular weight excluding hydrogens is 208 g/mol. The van der Waals surface area contributed by atoms with Gasteiger partial charge >= 0.3 is 5.97 Å². The number of rotatable bonds is 5. The summed E-state index contributed by atoms with van der Waals surface area (Å²) in [5, 5.41) is 17.5. The summed E-state index contributed by atoms with van der Waals surface area (Å²) in [6, 6.07) is 7.05. The monoisotopic (exact) mass is 224 g/mol. The van der Waals surface area contributed by atoms with E-state index in [-0.39, 0.29) is 13.2 Å². The van der Waals surface area contributed by atoms with E-state index in [0.29, 0.717) is 5.56 Å². The van der Waals surface area contributed by atoms with Crippen LogP contribution in [0.25, 0.3) is 0 Å². The Kier molecular flexibility index (Phi) is 4.95. The topological polar surface area (TPSA) is 66.8 Å². The molecule has 1 rings (SSSR count). The zero-order chi connectivity index (χ0) is 12.0. The lowest BCUT2D eigenvalue weighted by Gasteiger charge is -2.12. The van der Waals surface area contributed by atoms with Crippen molar-refractivity contribution in [3.05, 3.63) is 35.4 Å². The number of carbonyl (C=O) groups excluding carboxylic acids is 1. The molecule has 0 fully saturated rings. The Hall–Kier alpha value is -1.39. The van der Waals surface area contributed by atoms with E-state index in [1.165, 1.54) is 0 Å². The number of esters is 1. The Balaban J connectivity index is 2.65. The van der Waals surface area contributed by atoms with E-state index in [2.05, 4.69) is 0 Å². The number of aliphatic hydroxyl groups is 2. The van der Waals surface area contributed by atoms with E-state index < -0.39 is 12.1 Å². The summed E-state index contributed by atoms with van der Waals surface area (Å²) >= 11 is 0. The highest BCUT2D eigenvalue weighted by atomic mass is 16.6. The lowest BCUT2D eigenvalue weighted by molar-refractivity contribution is -0.00544. The molecule has 0 heterocycles. The maximum absolute atomic E-state index is 11.5. The Labute approximate surface area is 94.5 Å². The predicted molar refractivity (Wildman–Crippen MR) is 59.2 cm³/mol. The van der Waals surface area contributed by atoms with Crippen LogP contribution in [0, 0.1) is 0 Å². The average molecular weight is 224 g/mol. The Morgan fingerprint density at radius 2 is 1.81 bits per heavy atom. The van der Waals surface area contributed by atoms with Crippen molar-refractivity contribution in [2.75, 3.05) is 13.2 Å². The van der Waals surface area contributed by atoms with Gasteiger partial charge in [0.25, 0.3) is 0 Å². The van der Waals surface area contributed by atoms with Crippen molar-refractivity contribution < 1.29 is 19.7 Å². The van der Waals surface area contributed by atoms with Crippen LogP contribution in [-0.2, 0) is 11.2 Å². The maximum atomic E-state index is 11.5. The van der Waals surface area contributed by atoms with Crippen molar-refractivity contribution in [1.82, 2.24) is 0 Å². The van der Waals surface area contributed by atoms with Gasteiger partial charge in [-0.05, 0) is 24.1 Å². The molecule has 0 aliphatic carbocycles. The zero-order valence-electron chi connectivity index (χ0n) is 9.22. The number of carbonyl (C=O) groups is 1. The highest BCUT2D eigenvalue weighted by molar-refractivity contribution is 5.89. The van der Waals surface area contributed by atoms with Crippen LogP contribution in [0.15, 0.2) is 24.3 Å². The summed E-state index contributed by atoms with van der Waals surface area (Å²) in [5.41, 5.74) is 1.56. The van der Waals surface area contributed by atoms with Gasteiger partial charge in [-0.2, -0.15) is 0 Å². The molecule has 0 spiro atoms. The van der Waals surface area contributed by atoms with Gasteiger partial charge < -0.3 is 14.9 Å². The fraction of sp³-hybridized carbons (Fsp3) is 0.417. The van der Waals surface area contributed by atoms with Gasteiger partial charge in [0.05, 0.1) is 18.8 Å². The minimum atomic E-state index is -0.849. The third-order valence-corrected chi connectivity index (χ3v) is 2.28. The summed E-state index contributed by atoms with van der Waals surface area (Å²) in [4.78, 5) is 11.5. The third kappa shape index (κ3) is 3.32. The zero-order valence-corrected chi connectivity index (χ0v) is 9.22. The van der Waals surface area contributed by atoms with E-state index in [4.69, 9.17) is 14.9 Å². The normalized spacial score (nSPS) is 10.5. The Morgan fingerprint density at radius 1 is 1.25 bits per heavy atom. The molecule has 4 nitrogen and oxygen atoms in total. The van der Waals surface area contributed by atoms with Crippen molar-refractivity contribution >= 4 is 5.97 Å². The van der Waals surface area contributed by atoms with E-state index in [1.807, 2.05) is 19.1 Å². The quantitative estimate of drug-likeness (QED) is 0.725. The maximum Gasteiger partial charge on any atom is 0.338 e. The number of hydrogen-bond donors (Lipinski definition) is 2. The number of hydrogen-bond acceptors (Lipinski definition) is 4. The summed E-state index contributed by atoms with van der Waals surface area (Å²) in [5.74, 6) is -0.532. The van der Waals surface area contributed by atoms with Crippen molar-refractivity contribution in [3.8, 4) is 0 Å². The van der Waals surface area contributed by atoms with Crippen LogP contribution in [-0.4, -0.2) is 35.5 Å². The summed E-state index contributed by atoms with van der Waals surface area (Å²) in [6.45, 7) is 1.27. The predicted octanol–water partition coefficient (Wildman–Crippen LogP) is 0.759. The average Bonchev–Trinajstić information content (AvgIpc) is 2.35. The smallest absolute Gasteiger partial charge is 0.338 e. The largest absolute Gasteiger partial charge is 0.454 e. The first-order chi connectivity index (χ1) is 7.71. The number of aliphatic hydroxyl groups excluding tert-OH is 2. The SMILES string of the molecule is CCc1ccc(C(=O)OC(CO)CO)cc1. The first-order valence-electron chi connectivity index (χ1n) is 5.22. The molecule has 0 amide bonds. The van der Waals surface area contributed by atoms with Crippen LogP contribution in [0.5, 0.6) is 0 Å². The van der Waals surface area contributed by atoms with Crippen molar-refractivity contribution in [1.29, 1.82) is 0 Å². The molecule has 88 valence electrons. The van der Waals surface area contributed by atoms with E-state index in [1.54, 1.807) is 12.1 Å². The molecule has 0 saturated heterocycles. The van der Waals surface area contributed by atoms with Gasteiger partial charge in [0.15, 0.2) is 0 Å². The van der Waals surface area contributed by atoms with Gasteiger partial charge in [-0.15, -0.1) is 0 Å². The van der Waals surface area contributed by atoms with Gasteiger partial charge in [0.1, 0.15) is 6.10 Å². The van der Waals surface area contributed by atoms with Gasteiger partial charge in [-0.1, -0.05) is 19.1 Å². The number of ether oxygens (including phenoxy) is 1. The first-order valence-corrected chi connectivity index (χ1v) is 5.22. The standard InChI is InChI=1S/C12H16O4/c1-2-9-3-5-10(6-4-9)12(15)16-11(7-13)8-14/h3-6,11,13-14H,2,7-8H2,1H3. The van der Waals surface area contributed by atoms with E-state index >= 15 is 0 Å². The fourth-order valence-corrected chi connectivity index (χ4v) is 1.23. The summed E-state index contributed by atoms with van der Waals surface area (Å²) in [6.07, 6.45) is 0.0592. The van der Waals surface area contributed by atoms with Gasteiger partial charge in [0.2, 0.25) is 0 Å². The highest BCUT2D eigenvalue weighted by Gasteiger charge is 2.13.